The van der Waals surface area contributed by atoms with Crippen molar-refractivity contribution >= 4 is 17.3 Å². The third-order valence-electron chi connectivity index (χ3n) is 2.75. The lowest BCUT2D eigenvalue weighted by molar-refractivity contribution is -0.142. The number of carbonyl (C=O) groups excluding carboxylic acids is 1. The molecule has 2 rings (SSSR count). The number of nitrogens with two attached hydrogens (primary N) is 1. The quantitative estimate of drug-likeness (QED) is 0.646. The van der Waals surface area contributed by atoms with Crippen molar-refractivity contribution in [1.29, 1.82) is 0 Å². The number of nitrogens with zero attached hydrogens (tertiary/aromatic N) is 1. The van der Waals surface area contributed by atoms with Crippen LogP contribution in [0.3, 0.4) is 0 Å². The Balaban J connectivity index is 2.10. The van der Waals surface area contributed by atoms with Crippen LogP contribution in [0.4, 0.5) is 11.4 Å². The Morgan fingerprint density at radius 2 is 2.39 bits per heavy atom. The van der Waals surface area contributed by atoms with E-state index in [1.165, 1.54) is 0 Å². The summed E-state index contributed by atoms with van der Waals surface area (Å²) >= 11 is 0. The maximum atomic E-state index is 11.6. The minimum Gasteiger partial charge on any atom is -0.489 e. The fraction of sp³-hybridized carbons (Fsp3) is 0.462. The van der Waals surface area contributed by atoms with E-state index in [9.17, 15) is 4.79 Å². The number of fused-ring (bicyclic) bond motifs is 1. The van der Waals surface area contributed by atoms with Gasteiger partial charge in [0.1, 0.15) is 24.6 Å². The van der Waals surface area contributed by atoms with E-state index in [2.05, 4.69) is 0 Å². The normalized spacial score (nSPS) is 13.7. The number of anilines is 2. The second kappa shape index (κ2) is 5.62. The topological polar surface area (TPSA) is 64.8 Å². The van der Waals surface area contributed by atoms with Gasteiger partial charge >= 0.3 is 5.97 Å². The highest BCUT2D eigenvalue weighted by Crippen LogP contribution is 2.36. The van der Waals surface area contributed by atoms with Gasteiger partial charge in [-0.05, 0) is 18.6 Å². The lowest BCUT2D eigenvalue weighted by atomic mass is 10.2. The van der Waals surface area contributed by atoms with Crippen LogP contribution in [0, 0.1) is 0 Å². The standard InChI is InChI=1S/C13H18N2O3/c1-2-7-18-12(16)9-15-6-8-17-11-5-3-4-10(14)13(11)15/h3-5H,2,6-9,14H2,1H3. The lowest BCUT2D eigenvalue weighted by Gasteiger charge is -2.31. The number of esters is 1. The van der Waals surface area contributed by atoms with Crippen LogP contribution >= 0.6 is 0 Å². The van der Waals surface area contributed by atoms with E-state index in [-0.39, 0.29) is 12.5 Å². The number of rotatable bonds is 4. The molecule has 5 heteroatoms. The van der Waals surface area contributed by atoms with Gasteiger partial charge < -0.3 is 20.1 Å². The fourth-order valence-electron chi connectivity index (χ4n) is 1.95. The van der Waals surface area contributed by atoms with Crippen LogP contribution in [-0.4, -0.2) is 32.3 Å². The predicted molar refractivity (Wildman–Crippen MR) is 69.8 cm³/mol. The summed E-state index contributed by atoms with van der Waals surface area (Å²) in [7, 11) is 0. The third-order valence-corrected chi connectivity index (χ3v) is 2.75. The number of benzene rings is 1. The summed E-state index contributed by atoms with van der Waals surface area (Å²) in [5.74, 6) is 0.498. The van der Waals surface area contributed by atoms with E-state index in [0.29, 0.717) is 25.4 Å². The van der Waals surface area contributed by atoms with Crippen molar-refractivity contribution in [3.8, 4) is 5.75 Å². The van der Waals surface area contributed by atoms with Gasteiger partial charge in [0, 0.05) is 0 Å². The van der Waals surface area contributed by atoms with Crippen LogP contribution < -0.4 is 15.4 Å². The van der Waals surface area contributed by atoms with Crippen LogP contribution in [0.15, 0.2) is 18.2 Å². The Labute approximate surface area is 106 Å². The van der Waals surface area contributed by atoms with E-state index >= 15 is 0 Å². The molecule has 18 heavy (non-hydrogen) atoms. The van der Waals surface area contributed by atoms with Gasteiger partial charge in [-0.3, -0.25) is 4.79 Å². The first-order valence-corrected chi connectivity index (χ1v) is 6.14. The number of hydrogen-bond donors (Lipinski definition) is 1. The third kappa shape index (κ3) is 2.67. The predicted octanol–water partition coefficient (Wildman–Crippen LogP) is 1.42. The van der Waals surface area contributed by atoms with Crippen molar-refractivity contribution in [2.75, 3.05) is 36.9 Å². The second-order valence-corrected chi connectivity index (χ2v) is 4.18. The van der Waals surface area contributed by atoms with Crippen molar-refractivity contribution in [2.24, 2.45) is 0 Å². The molecule has 1 aliphatic rings. The summed E-state index contributed by atoms with van der Waals surface area (Å²) in [5.41, 5.74) is 7.34. The van der Waals surface area contributed by atoms with Gasteiger partial charge in [0.2, 0.25) is 0 Å². The largest absolute Gasteiger partial charge is 0.489 e. The van der Waals surface area contributed by atoms with Crippen LogP contribution in [0.2, 0.25) is 0 Å². The number of ether oxygens (including phenoxy) is 2. The maximum Gasteiger partial charge on any atom is 0.325 e. The highest BCUT2D eigenvalue weighted by atomic mass is 16.5. The first kappa shape index (κ1) is 12.5. The maximum absolute atomic E-state index is 11.6. The summed E-state index contributed by atoms with van der Waals surface area (Å²) in [5, 5.41) is 0. The molecule has 0 aliphatic carbocycles. The van der Waals surface area contributed by atoms with Crippen LogP contribution in [0.25, 0.3) is 0 Å². The molecule has 2 N–H and O–H groups in total. The van der Waals surface area contributed by atoms with Gasteiger partial charge in [0.15, 0.2) is 0 Å². The lowest BCUT2D eigenvalue weighted by Crippen LogP contribution is -2.38. The molecule has 1 heterocycles. The zero-order chi connectivity index (χ0) is 13.0. The molecule has 1 aromatic rings. The number of para-hydroxylation sites is 1. The van der Waals surface area contributed by atoms with E-state index < -0.39 is 0 Å². The highest BCUT2D eigenvalue weighted by molar-refractivity contribution is 5.82. The molecule has 0 saturated heterocycles. The zero-order valence-corrected chi connectivity index (χ0v) is 10.5. The van der Waals surface area contributed by atoms with Crippen LogP contribution in [0.1, 0.15) is 13.3 Å². The number of hydrogen-bond acceptors (Lipinski definition) is 5. The Morgan fingerprint density at radius 3 is 3.17 bits per heavy atom. The molecule has 1 aromatic carbocycles. The summed E-state index contributed by atoms with van der Waals surface area (Å²) in [6.07, 6.45) is 0.827. The van der Waals surface area contributed by atoms with E-state index in [1.54, 1.807) is 6.07 Å². The molecule has 0 unspecified atom stereocenters. The van der Waals surface area contributed by atoms with Gasteiger partial charge in [-0.1, -0.05) is 13.0 Å². The van der Waals surface area contributed by atoms with Gasteiger partial charge in [-0.15, -0.1) is 0 Å². The van der Waals surface area contributed by atoms with Gasteiger partial charge in [-0.25, -0.2) is 0 Å². The molecule has 98 valence electrons. The Bertz CT molecular complexity index is 434. The average Bonchev–Trinajstić information content (AvgIpc) is 2.37. The molecule has 0 fully saturated rings. The van der Waals surface area contributed by atoms with Crippen LogP contribution in [-0.2, 0) is 9.53 Å². The first-order valence-electron chi connectivity index (χ1n) is 6.14. The van der Waals surface area contributed by atoms with Crippen molar-refractivity contribution in [3.63, 3.8) is 0 Å². The summed E-state index contributed by atoms with van der Waals surface area (Å²) in [4.78, 5) is 13.6. The molecule has 0 aromatic heterocycles. The van der Waals surface area contributed by atoms with Gasteiger partial charge in [0.05, 0.1) is 18.8 Å². The molecule has 0 bridgehead atoms. The molecule has 0 radical (unpaired) electrons. The molecular formula is C13H18N2O3. The minimum absolute atomic E-state index is 0.213. The second-order valence-electron chi connectivity index (χ2n) is 4.18. The Hall–Kier alpha value is -1.91. The number of nitrogen functional groups attached to an aromatic ring is 1. The Morgan fingerprint density at radius 1 is 1.56 bits per heavy atom. The van der Waals surface area contributed by atoms with Crippen molar-refractivity contribution in [2.45, 2.75) is 13.3 Å². The molecule has 0 saturated carbocycles. The molecule has 5 nitrogen and oxygen atoms in total. The van der Waals surface area contributed by atoms with Crippen molar-refractivity contribution in [1.82, 2.24) is 0 Å². The highest BCUT2D eigenvalue weighted by Gasteiger charge is 2.22. The molecule has 1 aliphatic heterocycles. The summed E-state index contributed by atoms with van der Waals surface area (Å²) < 4.78 is 10.6. The molecular weight excluding hydrogens is 232 g/mol. The van der Waals surface area contributed by atoms with E-state index in [0.717, 1.165) is 17.9 Å². The average molecular weight is 250 g/mol. The minimum atomic E-state index is -0.229. The summed E-state index contributed by atoms with van der Waals surface area (Å²) in [6.45, 7) is 3.83. The van der Waals surface area contributed by atoms with Gasteiger partial charge in [0.25, 0.3) is 0 Å². The fourth-order valence-corrected chi connectivity index (χ4v) is 1.95. The molecule has 0 amide bonds. The summed E-state index contributed by atoms with van der Waals surface area (Å²) in [6, 6.07) is 5.50. The van der Waals surface area contributed by atoms with E-state index in [1.807, 2.05) is 24.0 Å². The smallest absolute Gasteiger partial charge is 0.325 e. The van der Waals surface area contributed by atoms with Crippen LogP contribution in [0.5, 0.6) is 5.75 Å². The van der Waals surface area contributed by atoms with Crippen molar-refractivity contribution in [3.05, 3.63) is 18.2 Å². The van der Waals surface area contributed by atoms with Crippen molar-refractivity contribution < 1.29 is 14.3 Å². The van der Waals surface area contributed by atoms with E-state index in [4.69, 9.17) is 15.2 Å². The SMILES string of the molecule is CCCOC(=O)CN1CCOc2cccc(N)c21. The Kier molecular flexibility index (Phi) is 3.92. The van der Waals surface area contributed by atoms with Gasteiger partial charge in [-0.2, -0.15) is 0 Å². The first-order chi connectivity index (χ1) is 8.72. The monoisotopic (exact) mass is 250 g/mol. The number of carbonyl (C=O) groups is 1. The molecule has 0 atom stereocenters. The zero-order valence-electron chi connectivity index (χ0n) is 10.5. The molecule has 0 spiro atoms.